The molecule has 1 aliphatic rings. The topological polar surface area (TPSA) is 63.3 Å². The van der Waals surface area contributed by atoms with Crippen molar-refractivity contribution < 1.29 is 14.4 Å². The minimum absolute atomic E-state index is 0.143. The minimum atomic E-state index is -1.11. The second-order valence-electron chi connectivity index (χ2n) is 5.10. The maximum atomic E-state index is 10.8. The number of aromatic nitrogens is 1. The van der Waals surface area contributed by atoms with Gasteiger partial charge in [0.25, 0.3) is 0 Å². The fourth-order valence-corrected chi connectivity index (χ4v) is 3.47. The SMILES string of the molecule is O=C(O)c1cc(-c2ccc(C3CCCC3)c(Br)c2)no1. The van der Waals surface area contributed by atoms with Gasteiger partial charge in [0, 0.05) is 16.1 Å². The highest BCUT2D eigenvalue weighted by Gasteiger charge is 2.20. The van der Waals surface area contributed by atoms with Crippen molar-refractivity contribution in [1.29, 1.82) is 0 Å². The Bertz CT molecular complexity index is 644. The van der Waals surface area contributed by atoms with Gasteiger partial charge in [-0.15, -0.1) is 0 Å². The fraction of sp³-hybridized carbons (Fsp3) is 0.333. The predicted octanol–water partition coefficient (Wildman–Crippen LogP) is 4.46. The van der Waals surface area contributed by atoms with Crippen molar-refractivity contribution in [3.63, 3.8) is 0 Å². The molecule has 1 saturated carbocycles. The van der Waals surface area contributed by atoms with E-state index in [9.17, 15) is 4.79 Å². The third kappa shape index (κ3) is 2.50. The molecule has 0 atom stereocenters. The first-order valence-electron chi connectivity index (χ1n) is 6.65. The summed E-state index contributed by atoms with van der Waals surface area (Å²) in [6, 6.07) is 7.50. The molecule has 20 heavy (non-hydrogen) atoms. The second kappa shape index (κ2) is 5.40. The molecule has 5 heteroatoms. The van der Waals surface area contributed by atoms with Gasteiger partial charge in [-0.1, -0.05) is 46.1 Å². The minimum Gasteiger partial charge on any atom is -0.475 e. The Hall–Kier alpha value is -1.62. The molecule has 3 rings (SSSR count). The molecule has 1 aromatic carbocycles. The Balaban J connectivity index is 1.90. The summed E-state index contributed by atoms with van der Waals surface area (Å²) in [5, 5.41) is 12.6. The van der Waals surface area contributed by atoms with Crippen LogP contribution in [0.2, 0.25) is 0 Å². The molecular formula is C15H14BrNO3. The number of carboxylic acids is 1. The zero-order valence-electron chi connectivity index (χ0n) is 10.8. The normalized spacial score (nSPS) is 15.7. The fourth-order valence-electron chi connectivity index (χ4n) is 2.77. The average Bonchev–Trinajstić information content (AvgIpc) is 3.10. The first-order chi connectivity index (χ1) is 9.65. The Kier molecular flexibility index (Phi) is 3.61. The van der Waals surface area contributed by atoms with Crippen LogP contribution in [0, 0.1) is 0 Å². The predicted molar refractivity (Wildman–Crippen MR) is 77.8 cm³/mol. The van der Waals surface area contributed by atoms with E-state index in [0.29, 0.717) is 11.6 Å². The molecule has 0 bridgehead atoms. The van der Waals surface area contributed by atoms with Crippen molar-refractivity contribution in [3.8, 4) is 11.3 Å². The van der Waals surface area contributed by atoms with E-state index in [4.69, 9.17) is 9.63 Å². The van der Waals surface area contributed by atoms with Crippen molar-refractivity contribution in [2.24, 2.45) is 0 Å². The molecule has 0 amide bonds. The van der Waals surface area contributed by atoms with E-state index in [1.54, 1.807) is 0 Å². The molecule has 1 heterocycles. The van der Waals surface area contributed by atoms with Crippen LogP contribution < -0.4 is 0 Å². The molecule has 0 unspecified atom stereocenters. The average molecular weight is 336 g/mol. The number of hydrogen-bond acceptors (Lipinski definition) is 3. The van der Waals surface area contributed by atoms with E-state index < -0.39 is 5.97 Å². The lowest BCUT2D eigenvalue weighted by atomic mass is 9.96. The molecule has 1 fully saturated rings. The smallest absolute Gasteiger partial charge is 0.374 e. The van der Waals surface area contributed by atoms with Crippen molar-refractivity contribution in [3.05, 3.63) is 40.1 Å². The lowest BCUT2D eigenvalue weighted by molar-refractivity contribution is 0.0652. The van der Waals surface area contributed by atoms with Crippen LogP contribution in [0.3, 0.4) is 0 Å². The molecule has 1 aliphatic carbocycles. The van der Waals surface area contributed by atoms with E-state index in [1.807, 2.05) is 12.1 Å². The molecule has 104 valence electrons. The van der Waals surface area contributed by atoms with Crippen LogP contribution in [-0.2, 0) is 0 Å². The molecule has 1 aromatic heterocycles. The van der Waals surface area contributed by atoms with Crippen LogP contribution in [0.5, 0.6) is 0 Å². The number of carbonyl (C=O) groups is 1. The summed E-state index contributed by atoms with van der Waals surface area (Å²) in [4.78, 5) is 10.8. The van der Waals surface area contributed by atoms with E-state index in [1.165, 1.54) is 37.3 Å². The molecule has 4 nitrogen and oxygen atoms in total. The number of rotatable bonds is 3. The number of carboxylic acid groups (broad SMARTS) is 1. The van der Waals surface area contributed by atoms with Gasteiger partial charge in [0.05, 0.1) is 0 Å². The first-order valence-corrected chi connectivity index (χ1v) is 7.44. The first kappa shape index (κ1) is 13.4. The van der Waals surface area contributed by atoms with Gasteiger partial charge in [-0.2, -0.15) is 0 Å². The Morgan fingerprint density at radius 3 is 2.65 bits per heavy atom. The number of halogens is 1. The van der Waals surface area contributed by atoms with Gasteiger partial charge in [-0.3, -0.25) is 0 Å². The zero-order valence-corrected chi connectivity index (χ0v) is 12.4. The van der Waals surface area contributed by atoms with Gasteiger partial charge in [0.2, 0.25) is 5.76 Å². The van der Waals surface area contributed by atoms with E-state index in [-0.39, 0.29) is 5.76 Å². The standard InChI is InChI=1S/C15H14BrNO3/c16-12-7-10(13-8-14(15(18)19)20-17-13)5-6-11(12)9-3-1-2-4-9/h5-9H,1-4H2,(H,18,19). The van der Waals surface area contributed by atoms with E-state index >= 15 is 0 Å². The van der Waals surface area contributed by atoms with Crippen LogP contribution in [0.15, 0.2) is 33.3 Å². The highest BCUT2D eigenvalue weighted by molar-refractivity contribution is 9.10. The van der Waals surface area contributed by atoms with Crippen LogP contribution in [0.1, 0.15) is 47.7 Å². The Morgan fingerprint density at radius 2 is 2.05 bits per heavy atom. The summed E-state index contributed by atoms with van der Waals surface area (Å²) in [5.74, 6) is -0.619. The number of aromatic carboxylic acids is 1. The monoisotopic (exact) mass is 335 g/mol. The van der Waals surface area contributed by atoms with Crippen LogP contribution in [0.4, 0.5) is 0 Å². The van der Waals surface area contributed by atoms with E-state index in [0.717, 1.165) is 10.0 Å². The molecule has 0 spiro atoms. The molecule has 1 N–H and O–H groups in total. The van der Waals surface area contributed by atoms with Gasteiger partial charge in [0.15, 0.2) is 0 Å². The van der Waals surface area contributed by atoms with Gasteiger partial charge in [-0.05, 0) is 30.4 Å². The van der Waals surface area contributed by atoms with Crippen LogP contribution in [0.25, 0.3) is 11.3 Å². The van der Waals surface area contributed by atoms with Gasteiger partial charge in [-0.25, -0.2) is 4.79 Å². The maximum Gasteiger partial charge on any atom is 0.374 e. The molecule has 0 saturated heterocycles. The summed E-state index contributed by atoms with van der Waals surface area (Å²) < 4.78 is 5.84. The van der Waals surface area contributed by atoms with Crippen LogP contribution >= 0.6 is 15.9 Å². The third-order valence-electron chi connectivity index (χ3n) is 3.81. The number of nitrogens with zero attached hydrogens (tertiary/aromatic N) is 1. The highest BCUT2D eigenvalue weighted by atomic mass is 79.9. The molecule has 0 radical (unpaired) electrons. The summed E-state index contributed by atoms with van der Waals surface area (Å²) in [7, 11) is 0. The lowest BCUT2D eigenvalue weighted by Crippen LogP contribution is -1.94. The zero-order chi connectivity index (χ0) is 14.1. The molecular weight excluding hydrogens is 322 g/mol. The highest BCUT2D eigenvalue weighted by Crippen LogP contribution is 2.39. The van der Waals surface area contributed by atoms with Gasteiger partial charge >= 0.3 is 5.97 Å². The largest absolute Gasteiger partial charge is 0.475 e. The quantitative estimate of drug-likeness (QED) is 0.899. The second-order valence-corrected chi connectivity index (χ2v) is 5.95. The summed E-state index contributed by atoms with van der Waals surface area (Å²) >= 11 is 3.62. The molecule has 2 aromatic rings. The summed E-state index contributed by atoms with van der Waals surface area (Å²) in [5.41, 5.74) is 2.73. The Morgan fingerprint density at radius 1 is 1.30 bits per heavy atom. The third-order valence-corrected chi connectivity index (χ3v) is 4.50. The maximum absolute atomic E-state index is 10.8. The van der Waals surface area contributed by atoms with Crippen molar-refractivity contribution in [2.45, 2.75) is 31.6 Å². The van der Waals surface area contributed by atoms with E-state index in [2.05, 4.69) is 27.2 Å². The van der Waals surface area contributed by atoms with Crippen molar-refractivity contribution >= 4 is 21.9 Å². The summed E-state index contributed by atoms with van der Waals surface area (Å²) in [6.07, 6.45) is 5.07. The van der Waals surface area contributed by atoms with Crippen molar-refractivity contribution in [2.75, 3.05) is 0 Å². The number of benzene rings is 1. The van der Waals surface area contributed by atoms with Crippen LogP contribution in [-0.4, -0.2) is 16.2 Å². The van der Waals surface area contributed by atoms with Gasteiger partial charge in [0.1, 0.15) is 5.69 Å². The Labute approximate surface area is 124 Å². The number of hydrogen-bond donors (Lipinski definition) is 1. The summed E-state index contributed by atoms with van der Waals surface area (Å²) in [6.45, 7) is 0. The molecule has 0 aliphatic heterocycles. The van der Waals surface area contributed by atoms with Gasteiger partial charge < -0.3 is 9.63 Å². The van der Waals surface area contributed by atoms with Crippen molar-refractivity contribution in [1.82, 2.24) is 5.16 Å². The lowest BCUT2D eigenvalue weighted by Gasteiger charge is -2.12.